The molecular weight excluding hydrogens is 272 g/mol. The van der Waals surface area contributed by atoms with Crippen LogP contribution in [0, 0.1) is 5.92 Å². The van der Waals surface area contributed by atoms with Crippen molar-refractivity contribution >= 4 is 21.2 Å². The lowest BCUT2D eigenvalue weighted by atomic mass is 9.92. The van der Waals surface area contributed by atoms with E-state index in [2.05, 4.69) is 11.8 Å². The van der Waals surface area contributed by atoms with Gasteiger partial charge in [0, 0.05) is 19.3 Å². The third-order valence-corrected chi connectivity index (χ3v) is 5.19. The van der Waals surface area contributed by atoms with Crippen LogP contribution in [0.15, 0.2) is 23.1 Å². The van der Waals surface area contributed by atoms with Crippen LogP contribution in [-0.4, -0.2) is 27.8 Å². The quantitative estimate of drug-likeness (QED) is 0.868. The molecule has 1 aliphatic heterocycles. The van der Waals surface area contributed by atoms with Gasteiger partial charge in [0.05, 0.1) is 16.3 Å². The van der Waals surface area contributed by atoms with E-state index in [-0.39, 0.29) is 0 Å². The summed E-state index contributed by atoms with van der Waals surface area (Å²) in [6.45, 7) is 4.24. The molecule has 0 spiro atoms. The molecule has 0 aliphatic carbocycles. The second-order valence-electron chi connectivity index (χ2n) is 5.71. The number of nitrogen functional groups attached to an aromatic ring is 1. The van der Waals surface area contributed by atoms with Gasteiger partial charge in [0.2, 0.25) is 0 Å². The van der Waals surface area contributed by atoms with Crippen LogP contribution in [0.4, 0.5) is 11.4 Å². The van der Waals surface area contributed by atoms with Gasteiger partial charge in [-0.3, -0.25) is 0 Å². The largest absolute Gasteiger partial charge is 0.397 e. The summed E-state index contributed by atoms with van der Waals surface area (Å²) in [5, 5.41) is 0. The third-order valence-electron chi connectivity index (χ3n) is 4.08. The highest BCUT2D eigenvalue weighted by molar-refractivity contribution is 7.90. The van der Waals surface area contributed by atoms with E-state index in [9.17, 15) is 8.42 Å². The van der Waals surface area contributed by atoms with Crippen molar-refractivity contribution in [2.45, 2.75) is 37.5 Å². The van der Waals surface area contributed by atoms with Crippen LogP contribution in [0.3, 0.4) is 0 Å². The molecule has 0 aromatic heterocycles. The number of benzene rings is 1. The summed E-state index contributed by atoms with van der Waals surface area (Å²) in [6, 6.07) is 5.06. The predicted octanol–water partition coefficient (Wildman–Crippen LogP) is 2.69. The summed E-state index contributed by atoms with van der Waals surface area (Å²) >= 11 is 0. The average Bonchev–Trinajstić information content (AvgIpc) is 2.39. The molecule has 2 rings (SSSR count). The zero-order valence-electron chi connectivity index (χ0n) is 12.3. The van der Waals surface area contributed by atoms with E-state index in [1.807, 2.05) is 6.07 Å². The van der Waals surface area contributed by atoms with E-state index in [0.29, 0.717) is 10.6 Å². The normalized spacial score (nSPS) is 17.4. The smallest absolute Gasteiger partial charge is 0.175 e. The van der Waals surface area contributed by atoms with E-state index in [4.69, 9.17) is 5.73 Å². The van der Waals surface area contributed by atoms with Crippen molar-refractivity contribution in [3.05, 3.63) is 18.2 Å². The van der Waals surface area contributed by atoms with Gasteiger partial charge in [0.1, 0.15) is 0 Å². The first kappa shape index (κ1) is 15.2. The summed E-state index contributed by atoms with van der Waals surface area (Å²) in [5.41, 5.74) is 7.56. The summed E-state index contributed by atoms with van der Waals surface area (Å²) in [7, 11) is -3.19. The molecule has 0 atom stereocenters. The maximum atomic E-state index is 11.5. The second-order valence-corrected chi connectivity index (χ2v) is 7.73. The summed E-state index contributed by atoms with van der Waals surface area (Å²) in [4.78, 5) is 2.56. The molecule has 1 heterocycles. The number of nitrogens with two attached hydrogens (primary N) is 1. The Morgan fingerprint density at radius 1 is 1.30 bits per heavy atom. The van der Waals surface area contributed by atoms with Crippen molar-refractivity contribution in [2.75, 3.05) is 30.0 Å². The maximum absolute atomic E-state index is 11.5. The molecule has 1 saturated heterocycles. The molecule has 1 aromatic rings. The van der Waals surface area contributed by atoms with Gasteiger partial charge in [0.15, 0.2) is 9.84 Å². The Kier molecular flexibility index (Phi) is 4.58. The van der Waals surface area contributed by atoms with Gasteiger partial charge < -0.3 is 10.6 Å². The van der Waals surface area contributed by atoms with Gasteiger partial charge in [-0.1, -0.05) is 19.8 Å². The molecule has 0 radical (unpaired) electrons. The molecule has 1 aromatic carbocycles. The van der Waals surface area contributed by atoms with Crippen LogP contribution in [0.2, 0.25) is 0 Å². The molecule has 2 N–H and O–H groups in total. The summed E-state index contributed by atoms with van der Waals surface area (Å²) < 4.78 is 23.0. The molecule has 20 heavy (non-hydrogen) atoms. The minimum Gasteiger partial charge on any atom is -0.397 e. The monoisotopic (exact) mass is 296 g/mol. The van der Waals surface area contributed by atoms with Crippen molar-refractivity contribution in [3.63, 3.8) is 0 Å². The number of piperidine rings is 1. The first-order chi connectivity index (χ1) is 9.41. The summed E-state index contributed by atoms with van der Waals surface area (Å²) in [6.07, 6.45) is 6.14. The molecule has 0 amide bonds. The zero-order chi connectivity index (χ0) is 14.8. The fourth-order valence-corrected chi connectivity index (χ4v) is 3.58. The van der Waals surface area contributed by atoms with Gasteiger partial charge in [-0.25, -0.2) is 8.42 Å². The van der Waals surface area contributed by atoms with Crippen molar-refractivity contribution in [3.8, 4) is 0 Å². The Balaban J connectivity index is 2.11. The molecule has 1 aliphatic rings. The fourth-order valence-electron chi connectivity index (χ4n) is 2.92. The number of nitrogens with zero attached hydrogens (tertiary/aromatic N) is 1. The van der Waals surface area contributed by atoms with Crippen molar-refractivity contribution < 1.29 is 8.42 Å². The van der Waals surface area contributed by atoms with Gasteiger partial charge in [-0.2, -0.15) is 0 Å². The van der Waals surface area contributed by atoms with Crippen LogP contribution in [0.1, 0.15) is 32.6 Å². The molecule has 5 heteroatoms. The van der Waals surface area contributed by atoms with Crippen molar-refractivity contribution in [1.29, 1.82) is 0 Å². The van der Waals surface area contributed by atoms with E-state index in [1.165, 1.54) is 31.9 Å². The van der Waals surface area contributed by atoms with E-state index in [1.54, 1.807) is 12.1 Å². The lowest BCUT2D eigenvalue weighted by Crippen LogP contribution is -2.34. The molecule has 4 nitrogen and oxygen atoms in total. The van der Waals surface area contributed by atoms with Crippen LogP contribution in [0.25, 0.3) is 0 Å². The number of anilines is 2. The Hall–Kier alpha value is -1.23. The molecule has 0 bridgehead atoms. The highest BCUT2D eigenvalue weighted by atomic mass is 32.2. The standard InChI is InChI=1S/C15H24N2O2S/c1-3-4-12-7-9-17(10-8-12)15-6-5-13(11-14(15)16)20(2,18)19/h5-6,11-12H,3-4,7-10,16H2,1-2H3. The minimum atomic E-state index is -3.19. The van der Waals surface area contributed by atoms with Crippen molar-refractivity contribution in [1.82, 2.24) is 0 Å². The number of hydrogen-bond donors (Lipinski definition) is 1. The Morgan fingerprint density at radius 2 is 1.95 bits per heavy atom. The van der Waals surface area contributed by atoms with E-state index >= 15 is 0 Å². The van der Waals surface area contributed by atoms with Gasteiger partial charge in [-0.05, 0) is 37.0 Å². The zero-order valence-corrected chi connectivity index (χ0v) is 13.1. The van der Waals surface area contributed by atoms with E-state index in [0.717, 1.165) is 24.7 Å². The fraction of sp³-hybridized carbons (Fsp3) is 0.600. The number of sulfone groups is 1. The van der Waals surface area contributed by atoms with Crippen LogP contribution in [-0.2, 0) is 9.84 Å². The summed E-state index contributed by atoms with van der Waals surface area (Å²) in [5.74, 6) is 0.827. The topological polar surface area (TPSA) is 63.4 Å². The molecule has 0 unspecified atom stereocenters. The number of hydrogen-bond acceptors (Lipinski definition) is 4. The van der Waals surface area contributed by atoms with Crippen molar-refractivity contribution in [2.24, 2.45) is 5.92 Å². The van der Waals surface area contributed by atoms with Gasteiger partial charge in [-0.15, -0.1) is 0 Å². The molecule has 1 fully saturated rings. The SMILES string of the molecule is CCCC1CCN(c2ccc(S(C)(=O)=O)cc2N)CC1. The maximum Gasteiger partial charge on any atom is 0.175 e. The van der Waals surface area contributed by atoms with Gasteiger partial charge >= 0.3 is 0 Å². The lowest BCUT2D eigenvalue weighted by molar-refractivity contribution is 0.378. The highest BCUT2D eigenvalue weighted by Gasteiger charge is 2.20. The Bertz CT molecular complexity index is 561. The van der Waals surface area contributed by atoms with Crippen LogP contribution < -0.4 is 10.6 Å². The third kappa shape index (κ3) is 3.45. The van der Waals surface area contributed by atoms with E-state index < -0.39 is 9.84 Å². The number of rotatable bonds is 4. The molecule has 0 saturated carbocycles. The molecular formula is C15H24N2O2S. The second kappa shape index (κ2) is 6.04. The average molecular weight is 296 g/mol. The van der Waals surface area contributed by atoms with Crippen LogP contribution >= 0.6 is 0 Å². The first-order valence-corrected chi connectivity index (χ1v) is 9.15. The highest BCUT2D eigenvalue weighted by Crippen LogP contribution is 2.31. The predicted molar refractivity (Wildman–Crippen MR) is 83.8 cm³/mol. The Morgan fingerprint density at radius 3 is 2.45 bits per heavy atom. The van der Waals surface area contributed by atoms with Gasteiger partial charge in [0.25, 0.3) is 0 Å². The Labute approximate surface area is 121 Å². The first-order valence-electron chi connectivity index (χ1n) is 7.26. The lowest BCUT2D eigenvalue weighted by Gasteiger charge is -2.34. The molecule has 112 valence electrons. The van der Waals surface area contributed by atoms with Crippen LogP contribution in [0.5, 0.6) is 0 Å². The minimum absolute atomic E-state index is 0.291.